The molecular formula is C16H26NO12P. The third-order valence-corrected chi connectivity index (χ3v) is 5.04. The van der Waals surface area contributed by atoms with Crippen LogP contribution in [0.1, 0.15) is 34.1 Å². The molecule has 1 heterocycles. The smallest absolute Gasteiger partial charge is 0.353 e. The van der Waals surface area contributed by atoms with Gasteiger partial charge in [0.25, 0.3) is 0 Å². The Balaban J connectivity index is 3.37. The lowest BCUT2D eigenvalue weighted by Crippen LogP contribution is -2.66. The van der Waals surface area contributed by atoms with E-state index in [2.05, 4.69) is 5.32 Å². The van der Waals surface area contributed by atoms with Gasteiger partial charge in [-0.2, -0.15) is 0 Å². The van der Waals surface area contributed by atoms with Crippen LogP contribution in [0, 0.1) is 0 Å². The Morgan fingerprint density at radius 2 is 1.50 bits per heavy atom. The highest BCUT2D eigenvalue weighted by Crippen LogP contribution is 2.43. The first kappa shape index (κ1) is 26.0. The van der Waals surface area contributed by atoms with E-state index in [9.17, 15) is 38.6 Å². The van der Waals surface area contributed by atoms with Crippen LogP contribution in [0.2, 0.25) is 0 Å². The molecule has 1 amide bonds. The highest BCUT2D eigenvalue weighted by molar-refractivity contribution is 7.52. The molecule has 1 unspecified atom stereocenters. The maximum atomic E-state index is 11.7. The second-order valence-electron chi connectivity index (χ2n) is 6.70. The molecule has 4 N–H and O–H groups in total. The third-order valence-electron chi connectivity index (χ3n) is 4.05. The number of hydrogen-bond acceptors (Lipinski definition) is 10. The van der Waals surface area contributed by atoms with Crippen LogP contribution in [-0.4, -0.2) is 81.6 Å². The van der Waals surface area contributed by atoms with Crippen molar-refractivity contribution in [3.63, 3.8) is 0 Å². The number of amides is 1. The molecule has 0 aromatic rings. The summed E-state index contributed by atoms with van der Waals surface area (Å²) in [4.78, 5) is 64.6. The number of aliphatic hydroxyl groups excluding tert-OH is 1. The average Bonchev–Trinajstić information content (AvgIpc) is 2.56. The van der Waals surface area contributed by atoms with Crippen molar-refractivity contribution in [2.45, 2.75) is 70.4 Å². The topological polar surface area (TPSA) is 195 Å². The predicted molar refractivity (Wildman–Crippen MR) is 96.7 cm³/mol. The van der Waals surface area contributed by atoms with E-state index in [1.165, 1.54) is 0 Å². The molecular weight excluding hydrogens is 429 g/mol. The van der Waals surface area contributed by atoms with Crippen LogP contribution in [0.25, 0.3) is 0 Å². The first-order valence-electron chi connectivity index (χ1n) is 8.86. The van der Waals surface area contributed by atoms with Crippen LogP contribution in [0.5, 0.6) is 0 Å². The van der Waals surface area contributed by atoms with Crippen molar-refractivity contribution in [1.29, 1.82) is 0 Å². The van der Waals surface area contributed by atoms with E-state index in [1.54, 1.807) is 0 Å². The van der Waals surface area contributed by atoms with Crippen molar-refractivity contribution in [3.8, 4) is 0 Å². The van der Waals surface area contributed by atoms with Crippen LogP contribution in [0.3, 0.4) is 0 Å². The van der Waals surface area contributed by atoms with Gasteiger partial charge >= 0.3 is 25.5 Å². The SMILES string of the molecule is CC(=O)N[C@@H]1[C@@H](OC(C)=O)[C@H](OC(C)=O)[C@@H](COC(C)=O)O[C@@H]1CC(O)P(=O)(O)O. The number of esters is 3. The van der Waals surface area contributed by atoms with Gasteiger partial charge < -0.3 is 39.2 Å². The fraction of sp³-hybridized carbons (Fsp3) is 0.750. The number of carbonyl (C=O) groups is 4. The Morgan fingerprint density at radius 1 is 0.967 bits per heavy atom. The van der Waals surface area contributed by atoms with E-state index < -0.39 is 80.7 Å². The largest absolute Gasteiger partial charge is 0.463 e. The third kappa shape index (κ3) is 8.00. The van der Waals surface area contributed by atoms with E-state index in [1.807, 2.05) is 0 Å². The van der Waals surface area contributed by atoms with E-state index in [4.69, 9.17) is 18.9 Å². The Bertz CT molecular complexity index is 706. The second-order valence-corrected chi connectivity index (χ2v) is 8.47. The van der Waals surface area contributed by atoms with Crippen LogP contribution < -0.4 is 5.32 Å². The molecule has 1 saturated heterocycles. The summed E-state index contributed by atoms with van der Waals surface area (Å²) in [5.41, 5.74) is 0. The van der Waals surface area contributed by atoms with Gasteiger partial charge in [-0.3, -0.25) is 23.7 Å². The van der Waals surface area contributed by atoms with Gasteiger partial charge in [-0.15, -0.1) is 0 Å². The molecule has 0 aromatic carbocycles. The fourth-order valence-corrected chi connectivity index (χ4v) is 3.45. The Kier molecular flexibility index (Phi) is 9.37. The summed E-state index contributed by atoms with van der Waals surface area (Å²) in [6, 6.07) is -1.24. The summed E-state index contributed by atoms with van der Waals surface area (Å²) < 4.78 is 32.3. The molecule has 6 atom stereocenters. The Labute approximate surface area is 172 Å². The monoisotopic (exact) mass is 455 g/mol. The van der Waals surface area contributed by atoms with Gasteiger partial charge in [0.2, 0.25) is 5.91 Å². The number of hydrogen-bond donors (Lipinski definition) is 4. The lowest BCUT2D eigenvalue weighted by Gasteiger charge is -2.45. The maximum Gasteiger partial charge on any atom is 0.353 e. The number of ether oxygens (including phenoxy) is 4. The molecule has 0 bridgehead atoms. The number of aliphatic hydroxyl groups is 1. The summed E-state index contributed by atoms with van der Waals surface area (Å²) in [6.45, 7) is 3.92. The molecule has 0 saturated carbocycles. The van der Waals surface area contributed by atoms with Crippen LogP contribution in [0.4, 0.5) is 0 Å². The van der Waals surface area contributed by atoms with Gasteiger partial charge in [-0.1, -0.05) is 0 Å². The molecule has 1 fully saturated rings. The van der Waals surface area contributed by atoms with Crippen LogP contribution in [0.15, 0.2) is 0 Å². The van der Waals surface area contributed by atoms with Crippen molar-refractivity contribution in [3.05, 3.63) is 0 Å². The first-order valence-corrected chi connectivity index (χ1v) is 10.5. The summed E-state index contributed by atoms with van der Waals surface area (Å²) in [5.74, 6) is -5.06. The summed E-state index contributed by atoms with van der Waals surface area (Å²) in [5, 5.41) is 12.3. The standard InChI is InChI=1S/C16H26NO12P/c1-7(18)17-14-11(5-13(22)30(23,24)25)29-12(6-26-8(2)19)15(27-9(3)20)16(14)28-10(4)21/h11-16,22H,5-6H2,1-4H3,(H,17,18)(H2,23,24,25)/t11-,12-,13?,14+,15-,16-/m1/s1. The van der Waals surface area contributed by atoms with Crippen molar-refractivity contribution < 1.29 is 57.6 Å². The van der Waals surface area contributed by atoms with Crippen molar-refractivity contribution in [2.24, 2.45) is 0 Å². The van der Waals surface area contributed by atoms with Gasteiger partial charge in [0, 0.05) is 34.1 Å². The molecule has 172 valence electrons. The highest BCUT2D eigenvalue weighted by atomic mass is 31.2. The lowest BCUT2D eigenvalue weighted by atomic mass is 9.90. The first-order chi connectivity index (χ1) is 13.7. The zero-order valence-corrected chi connectivity index (χ0v) is 17.7. The van der Waals surface area contributed by atoms with Crippen molar-refractivity contribution >= 4 is 31.4 Å². The van der Waals surface area contributed by atoms with Crippen molar-refractivity contribution in [2.75, 3.05) is 6.61 Å². The quantitative estimate of drug-likeness (QED) is 0.190. The minimum absolute atomic E-state index is 0.458. The molecule has 0 radical (unpaired) electrons. The van der Waals surface area contributed by atoms with Gasteiger partial charge in [-0.05, 0) is 0 Å². The van der Waals surface area contributed by atoms with E-state index in [0.717, 1.165) is 27.7 Å². The number of rotatable bonds is 8. The van der Waals surface area contributed by atoms with E-state index >= 15 is 0 Å². The maximum absolute atomic E-state index is 11.7. The van der Waals surface area contributed by atoms with Crippen LogP contribution >= 0.6 is 7.60 Å². The predicted octanol–water partition coefficient (Wildman–Crippen LogP) is -1.43. The minimum Gasteiger partial charge on any atom is -0.463 e. The minimum atomic E-state index is -4.94. The number of carbonyl (C=O) groups excluding carboxylic acids is 4. The van der Waals surface area contributed by atoms with Crippen molar-refractivity contribution in [1.82, 2.24) is 5.32 Å². The van der Waals surface area contributed by atoms with Gasteiger partial charge in [0.05, 0.1) is 12.1 Å². The average molecular weight is 455 g/mol. The molecule has 1 aliphatic heterocycles. The van der Waals surface area contributed by atoms with Gasteiger partial charge in [-0.25, -0.2) is 0 Å². The molecule has 30 heavy (non-hydrogen) atoms. The van der Waals surface area contributed by atoms with Gasteiger partial charge in [0.15, 0.2) is 18.1 Å². The molecule has 13 nitrogen and oxygen atoms in total. The van der Waals surface area contributed by atoms with Crippen LogP contribution in [-0.2, 0) is 42.7 Å². The number of nitrogens with one attached hydrogen (secondary N) is 1. The molecule has 14 heteroatoms. The zero-order valence-electron chi connectivity index (χ0n) is 16.8. The lowest BCUT2D eigenvalue weighted by molar-refractivity contribution is -0.225. The molecule has 0 spiro atoms. The van der Waals surface area contributed by atoms with E-state index in [0.29, 0.717) is 0 Å². The molecule has 1 aliphatic rings. The second kappa shape index (κ2) is 10.8. The van der Waals surface area contributed by atoms with Gasteiger partial charge in [0.1, 0.15) is 12.7 Å². The summed E-state index contributed by atoms with van der Waals surface area (Å²) in [7, 11) is -4.94. The fourth-order valence-electron chi connectivity index (χ4n) is 2.97. The molecule has 1 rings (SSSR count). The Hall–Kier alpha value is -2.05. The summed E-state index contributed by atoms with van der Waals surface area (Å²) >= 11 is 0. The Morgan fingerprint density at radius 3 is 1.93 bits per heavy atom. The highest BCUT2D eigenvalue weighted by Gasteiger charge is 2.51. The summed E-state index contributed by atoms with van der Waals surface area (Å²) in [6.07, 6.45) is -5.88. The molecule has 0 aromatic heterocycles. The normalized spacial score (nSPS) is 27.5. The van der Waals surface area contributed by atoms with E-state index in [-0.39, 0.29) is 0 Å². The molecule has 0 aliphatic carbocycles. The zero-order chi connectivity index (χ0) is 23.2.